The number of carbonyl (C=O) groups excluding carboxylic acids is 1. The molecule has 0 aliphatic heterocycles. The normalized spacial score (nSPS) is 10.3. The van der Waals surface area contributed by atoms with Gasteiger partial charge in [-0.1, -0.05) is 23.2 Å². The molecule has 0 radical (unpaired) electrons. The Morgan fingerprint density at radius 2 is 1.65 bits per heavy atom. The van der Waals surface area contributed by atoms with Crippen molar-refractivity contribution >= 4 is 34.8 Å². The molecule has 0 atom stereocenters. The van der Waals surface area contributed by atoms with Gasteiger partial charge in [-0.2, -0.15) is 0 Å². The van der Waals surface area contributed by atoms with E-state index in [0.29, 0.717) is 46.0 Å². The van der Waals surface area contributed by atoms with Gasteiger partial charge in [0.1, 0.15) is 0 Å². The lowest BCUT2D eigenvalue weighted by molar-refractivity contribution is 0.102. The molecule has 0 spiro atoms. The maximum atomic E-state index is 12.4. The number of nitrogens with one attached hydrogen (secondary N) is 1. The number of rotatable bonds is 6. The van der Waals surface area contributed by atoms with Gasteiger partial charge in [0.15, 0.2) is 11.5 Å². The number of hydrogen-bond donors (Lipinski definition) is 1. The lowest BCUT2D eigenvalue weighted by Gasteiger charge is -2.12. The summed E-state index contributed by atoms with van der Waals surface area (Å²) >= 11 is 11.8. The monoisotopic (exact) mass is 353 g/mol. The summed E-state index contributed by atoms with van der Waals surface area (Å²) in [5.74, 6) is 0.879. The molecular weight excluding hydrogens is 337 g/mol. The standard InChI is InChI=1S/C17H17Cl2NO3/c1-3-22-15-8-5-11(9-16(15)23-4-2)17(21)20-12-6-7-13(18)14(19)10-12/h5-10H,3-4H2,1-2H3,(H,20,21). The summed E-state index contributed by atoms with van der Waals surface area (Å²) in [5, 5.41) is 3.58. The van der Waals surface area contributed by atoms with E-state index in [1.54, 1.807) is 36.4 Å². The zero-order valence-electron chi connectivity index (χ0n) is 12.9. The van der Waals surface area contributed by atoms with E-state index in [1.807, 2.05) is 13.8 Å². The Kier molecular flexibility index (Phi) is 6.13. The minimum absolute atomic E-state index is 0.271. The molecule has 0 aliphatic rings. The Morgan fingerprint density at radius 1 is 0.957 bits per heavy atom. The predicted molar refractivity (Wildman–Crippen MR) is 93.2 cm³/mol. The third kappa shape index (κ3) is 4.53. The molecule has 6 heteroatoms. The van der Waals surface area contributed by atoms with Gasteiger partial charge in [-0.25, -0.2) is 0 Å². The molecule has 0 fully saturated rings. The highest BCUT2D eigenvalue weighted by atomic mass is 35.5. The van der Waals surface area contributed by atoms with E-state index in [-0.39, 0.29) is 5.91 Å². The van der Waals surface area contributed by atoms with Gasteiger partial charge < -0.3 is 14.8 Å². The molecule has 1 amide bonds. The third-order valence-electron chi connectivity index (χ3n) is 2.98. The fourth-order valence-electron chi connectivity index (χ4n) is 1.97. The molecule has 0 unspecified atom stereocenters. The second-order valence-electron chi connectivity index (χ2n) is 4.61. The quantitative estimate of drug-likeness (QED) is 0.790. The van der Waals surface area contributed by atoms with Crippen molar-refractivity contribution in [3.8, 4) is 11.5 Å². The fourth-order valence-corrected chi connectivity index (χ4v) is 2.27. The van der Waals surface area contributed by atoms with Gasteiger partial charge in [0.05, 0.1) is 23.3 Å². The minimum Gasteiger partial charge on any atom is -0.490 e. The SMILES string of the molecule is CCOc1ccc(C(=O)Nc2ccc(Cl)c(Cl)c2)cc1OCC. The summed E-state index contributed by atoms with van der Waals surface area (Å²) in [7, 11) is 0. The van der Waals surface area contributed by atoms with Crippen molar-refractivity contribution < 1.29 is 14.3 Å². The Bertz CT molecular complexity index is 704. The van der Waals surface area contributed by atoms with Crippen molar-refractivity contribution in [2.75, 3.05) is 18.5 Å². The third-order valence-corrected chi connectivity index (χ3v) is 3.72. The first-order valence-corrected chi connectivity index (χ1v) is 7.96. The van der Waals surface area contributed by atoms with Crippen LogP contribution in [0.3, 0.4) is 0 Å². The maximum Gasteiger partial charge on any atom is 0.255 e. The van der Waals surface area contributed by atoms with Crippen molar-refractivity contribution in [1.29, 1.82) is 0 Å². The van der Waals surface area contributed by atoms with E-state index in [2.05, 4.69) is 5.32 Å². The number of ether oxygens (including phenoxy) is 2. The molecule has 0 aliphatic carbocycles. The van der Waals surface area contributed by atoms with E-state index >= 15 is 0 Å². The van der Waals surface area contributed by atoms with Crippen LogP contribution in [-0.2, 0) is 0 Å². The second kappa shape index (κ2) is 8.09. The van der Waals surface area contributed by atoms with Crippen LogP contribution in [-0.4, -0.2) is 19.1 Å². The van der Waals surface area contributed by atoms with Crippen molar-refractivity contribution in [1.82, 2.24) is 0 Å². The zero-order valence-corrected chi connectivity index (χ0v) is 14.4. The minimum atomic E-state index is -0.271. The second-order valence-corrected chi connectivity index (χ2v) is 5.42. The maximum absolute atomic E-state index is 12.4. The van der Waals surface area contributed by atoms with Crippen molar-refractivity contribution in [3.63, 3.8) is 0 Å². The smallest absolute Gasteiger partial charge is 0.255 e. The van der Waals surface area contributed by atoms with Crippen molar-refractivity contribution in [2.24, 2.45) is 0 Å². The van der Waals surface area contributed by atoms with Crippen LogP contribution in [0.4, 0.5) is 5.69 Å². The lowest BCUT2D eigenvalue weighted by atomic mass is 10.2. The van der Waals surface area contributed by atoms with Crippen LogP contribution in [0.25, 0.3) is 0 Å². The average Bonchev–Trinajstić information content (AvgIpc) is 2.53. The van der Waals surface area contributed by atoms with Crippen molar-refractivity contribution in [3.05, 3.63) is 52.0 Å². The summed E-state index contributed by atoms with van der Waals surface area (Å²) in [5.41, 5.74) is 1.03. The van der Waals surface area contributed by atoms with Gasteiger partial charge in [0, 0.05) is 11.3 Å². The molecule has 2 aromatic carbocycles. The molecule has 0 aromatic heterocycles. The van der Waals surface area contributed by atoms with E-state index in [0.717, 1.165) is 0 Å². The lowest BCUT2D eigenvalue weighted by Crippen LogP contribution is -2.12. The Hall–Kier alpha value is -1.91. The molecule has 4 nitrogen and oxygen atoms in total. The number of benzene rings is 2. The molecule has 0 bridgehead atoms. The van der Waals surface area contributed by atoms with Crippen LogP contribution in [0.1, 0.15) is 24.2 Å². The molecule has 23 heavy (non-hydrogen) atoms. The summed E-state index contributed by atoms with van der Waals surface area (Å²) < 4.78 is 11.0. The van der Waals surface area contributed by atoms with E-state index in [1.165, 1.54) is 0 Å². The molecule has 0 heterocycles. The van der Waals surface area contributed by atoms with Crippen LogP contribution >= 0.6 is 23.2 Å². The first kappa shape index (κ1) is 17.4. The van der Waals surface area contributed by atoms with Gasteiger partial charge >= 0.3 is 0 Å². The molecule has 2 aromatic rings. The summed E-state index contributed by atoms with van der Waals surface area (Å²) in [4.78, 5) is 12.4. The first-order chi connectivity index (χ1) is 11.0. The molecule has 1 N–H and O–H groups in total. The fraction of sp³-hybridized carbons (Fsp3) is 0.235. The number of anilines is 1. The number of carbonyl (C=O) groups is 1. The molecular formula is C17H17Cl2NO3. The van der Waals surface area contributed by atoms with Crippen LogP contribution in [0.15, 0.2) is 36.4 Å². The Morgan fingerprint density at radius 3 is 2.30 bits per heavy atom. The number of hydrogen-bond acceptors (Lipinski definition) is 3. The summed E-state index contributed by atoms with van der Waals surface area (Å²) in [6, 6.07) is 9.97. The highest BCUT2D eigenvalue weighted by Gasteiger charge is 2.12. The Labute approximate surface area is 145 Å². The molecule has 0 saturated carbocycles. The summed E-state index contributed by atoms with van der Waals surface area (Å²) in [6.45, 7) is 4.77. The Balaban J connectivity index is 2.21. The number of amides is 1. The largest absolute Gasteiger partial charge is 0.490 e. The topological polar surface area (TPSA) is 47.6 Å². The highest BCUT2D eigenvalue weighted by Crippen LogP contribution is 2.29. The van der Waals surface area contributed by atoms with E-state index in [9.17, 15) is 4.79 Å². The van der Waals surface area contributed by atoms with Gasteiger partial charge in [0.2, 0.25) is 0 Å². The van der Waals surface area contributed by atoms with Gasteiger partial charge in [-0.15, -0.1) is 0 Å². The van der Waals surface area contributed by atoms with Crippen LogP contribution < -0.4 is 14.8 Å². The molecule has 122 valence electrons. The van der Waals surface area contributed by atoms with E-state index < -0.39 is 0 Å². The van der Waals surface area contributed by atoms with Gasteiger partial charge in [-0.05, 0) is 50.2 Å². The predicted octanol–water partition coefficient (Wildman–Crippen LogP) is 5.04. The zero-order chi connectivity index (χ0) is 16.8. The van der Waals surface area contributed by atoms with Crippen LogP contribution in [0.2, 0.25) is 10.0 Å². The molecule has 2 rings (SSSR count). The highest BCUT2D eigenvalue weighted by molar-refractivity contribution is 6.42. The van der Waals surface area contributed by atoms with E-state index in [4.69, 9.17) is 32.7 Å². The van der Waals surface area contributed by atoms with Gasteiger partial charge in [0.25, 0.3) is 5.91 Å². The van der Waals surface area contributed by atoms with Crippen LogP contribution in [0.5, 0.6) is 11.5 Å². The van der Waals surface area contributed by atoms with Crippen LogP contribution in [0, 0.1) is 0 Å². The molecule has 0 saturated heterocycles. The number of halogens is 2. The first-order valence-electron chi connectivity index (χ1n) is 7.21. The van der Waals surface area contributed by atoms with Crippen molar-refractivity contribution in [2.45, 2.75) is 13.8 Å². The van der Waals surface area contributed by atoms with Gasteiger partial charge in [-0.3, -0.25) is 4.79 Å². The average molecular weight is 354 g/mol. The summed E-state index contributed by atoms with van der Waals surface area (Å²) in [6.07, 6.45) is 0.